The minimum absolute atomic E-state index is 0.00508. The van der Waals surface area contributed by atoms with Gasteiger partial charge >= 0.3 is 0 Å². The van der Waals surface area contributed by atoms with Crippen LogP contribution in [0.15, 0.2) is 63.8 Å². The van der Waals surface area contributed by atoms with Crippen molar-refractivity contribution < 1.29 is 9.21 Å². The Morgan fingerprint density at radius 2 is 1.83 bits per heavy atom. The summed E-state index contributed by atoms with van der Waals surface area (Å²) >= 11 is 5.85. The molecule has 0 fully saturated rings. The van der Waals surface area contributed by atoms with E-state index in [0.29, 0.717) is 16.0 Å². The van der Waals surface area contributed by atoms with Gasteiger partial charge < -0.3 is 9.73 Å². The fraction of sp³-hybridized carbons (Fsp3) is 0.111. The van der Waals surface area contributed by atoms with Gasteiger partial charge in [0.1, 0.15) is 5.58 Å². The number of rotatable bonds is 3. The third-order valence-corrected chi connectivity index (χ3v) is 3.83. The first-order valence-corrected chi connectivity index (χ1v) is 7.51. The van der Waals surface area contributed by atoms with Crippen LogP contribution in [0.2, 0.25) is 5.02 Å². The van der Waals surface area contributed by atoms with Gasteiger partial charge in [0.25, 0.3) is 5.91 Å². The zero-order valence-corrected chi connectivity index (χ0v) is 13.1. The fourth-order valence-corrected chi connectivity index (χ4v) is 2.44. The van der Waals surface area contributed by atoms with Crippen LogP contribution in [0, 0.1) is 0 Å². The Morgan fingerprint density at radius 3 is 2.57 bits per heavy atom. The highest BCUT2D eigenvalue weighted by Crippen LogP contribution is 2.17. The van der Waals surface area contributed by atoms with Crippen LogP contribution in [-0.4, -0.2) is 5.91 Å². The predicted molar refractivity (Wildman–Crippen MR) is 89.8 cm³/mol. The minimum Gasteiger partial charge on any atom is -0.451 e. The second kappa shape index (κ2) is 6.26. The molecular weight excluding hydrogens is 314 g/mol. The van der Waals surface area contributed by atoms with Crippen molar-refractivity contribution in [3.63, 3.8) is 0 Å². The summed E-state index contributed by atoms with van der Waals surface area (Å²) < 4.78 is 5.53. The van der Waals surface area contributed by atoms with Gasteiger partial charge in [-0.1, -0.05) is 35.9 Å². The molecule has 0 aliphatic rings. The number of amides is 1. The molecule has 0 aliphatic carbocycles. The molecule has 0 saturated heterocycles. The highest BCUT2D eigenvalue weighted by Gasteiger charge is 2.15. The Balaban J connectivity index is 1.85. The molecule has 1 atom stereocenters. The molecule has 3 aromatic rings. The lowest BCUT2D eigenvalue weighted by Crippen LogP contribution is -2.27. The molecule has 116 valence electrons. The molecule has 0 radical (unpaired) electrons. The molecular formula is C18H14ClNO3. The highest BCUT2D eigenvalue weighted by atomic mass is 35.5. The van der Waals surface area contributed by atoms with E-state index in [2.05, 4.69) is 5.32 Å². The topological polar surface area (TPSA) is 59.3 Å². The maximum Gasteiger partial charge on any atom is 0.287 e. The summed E-state index contributed by atoms with van der Waals surface area (Å²) in [5.74, 6) is -0.440. The maximum absolute atomic E-state index is 12.3. The third kappa shape index (κ3) is 3.27. The second-order valence-electron chi connectivity index (χ2n) is 5.22. The number of benzene rings is 2. The van der Waals surface area contributed by atoms with Gasteiger partial charge in [0.15, 0.2) is 11.2 Å². The zero-order valence-electron chi connectivity index (χ0n) is 12.4. The molecule has 1 amide bonds. The summed E-state index contributed by atoms with van der Waals surface area (Å²) in [6, 6.07) is 15.0. The van der Waals surface area contributed by atoms with Gasteiger partial charge in [0, 0.05) is 11.1 Å². The Kier molecular flexibility index (Phi) is 4.17. The van der Waals surface area contributed by atoms with Gasteiger partial charge in [-0.25, -0.2) is 0 Å². The first-order valence-electron chi connectivity index (χ1n) is 7.14. The van der Waals surface area contributed by atoms with Crippen molar-refractivity contribution in [2.75, 3.05) is 0 Å². The van der Waals surface area contributed by atoms with E-state index in [1.54, 1.807) is 36.4 Å². The lowest BCUT2D eigenvalue weighted by molar-refractivity contribution is 0.0912. The van der Waals surface area contributed by atoms with E-state index in [0.717, 1.165) is 5.56 Å². The molecule has 0 bridgehead atoms. The van der Waals surface area contributed by atoms with Gasteiger partial charge in [0.2, 0.25) is 0 Å². The van der Waals surface area contributed by atoms with Gasteiger partial charge in [-0.15, -0.1) is 0 Å². The van der Waals surface area contributed by atoms with Gasteiger partial charge in [-0.3, -0.25) is 9.59 Å². The number of nitrogens with one attached hydrogen (secondary N) is 1. The molecule has 5 heteroatoms. The predicted octanol–water partition coefficient (Wildman–Crippen LogP) is 3.94. The van der Waals surface area contributed by atoms with E-state index in [9.17, 15) is 9.59 Å². The van der Waals surface area contributed by atoms with E-state index in [4.69, 9.17) is 16.0 Å². The average Bonchev–Trinajstić information content (AvgIpc) is 2.55. The molecule has 23 heavy (non-hydrogen) atoms. The summed E-state index contributed by atoms with van der Waals surface area (Å²) in [7, 11) is 0. The van der Waals surface area contributed by atoms with Crippen LogP contribution in [0.4, 0.5) is 0 Å². The third-order valence-electron chi connectivity index (χ3n) is 3.58. The molecule has 1 N–H and O–H groups in total. The van der Waals surface area contributed by atoms with Crippen molar-refractivity contribution in [3.05, 3.63) is 81.2 Å². The Bertz CT molecular complexity index is 915. The molecule has 0 aliphatic heterocycles. The molecule has 4 nitrogen and oxygen atoms in total. The van der Waals surface area contributed by atoms with Crippen molar-refractivity contribution in [1.29, 1.82) is 0 Å². The second-order valence-corrected chi connectivity index (χ2v) is 5.65. The number of halogens is 1. The maximum atomic E-state index is 12.3. The summed E-state index contributed by atoms with van der Waals surface area (Å²) in [6.45, 7) is 1.85. The van der Waals surface area contributed by atoms with Crippen LogP contribution in [0.1, 0.15) is 29.1 Å². The Morgan fingerprint density at radius 1 is 1.13 bits per heavy atom. The van der Waals surface area contributed by atoms with Crippen molar-refractivity contribution in [3.8, 4) is 0 Å². The minimum atomic E-state index is -0.435. The fourth-order valence-electron chi connectivity index (χ4n) is 2.32. The monoisotopic (exact) mass is 327 g/mol. The van der Waals surface area contributed by atoms with E-state index in [1.165, 1.54) is 6.07 Å². The van der Waals surface area contributed by atoms with E-state index in [1.807, 2.05) is 19.1 Å². The number of fused-ring (bicyclic) bond motifs is 1. The van der Waals surface area contributed by atoms with Crippen molar-refractivity contribution >= 4 is 28.5 Å². The number of hydrogen-bond donors (Lipinski definition) is 1. The smallest absolute Gasteiger partial charge is 0.287 e. The molecule has 2 aromatic carbocycles. The first-order chi connectivity index (χ1) is 11.0. The quantitative estimate of drug-likeness (QED) is 0.792. The average molecular weight is 328 g/mol. The van der Waals surface area contributed by atoms with Crippen molar-refractivity contribution in [2.24, 2.45) is 0 Å². The zero-order chi connectivity index (χ0) is 16.4. The number of carbonyl (C=O) groups is 1. The van der Waals surface area contributed by atoms with Crippen LogP contribution < -0.4 is 10.7 Å². The van der Waals surface area contributed by atoms with E-state index < -0.39 is 5.91 Å². The van der Waals surface area contributed by atoms with E-state index in [-0.39, 0.29) is 17.2 Å². The van der Waals surface area contributed by atoms with Crippen LogP contribution >= 0.6 is 11.6 Å². The molecule has 0 saturated carbocycles. The SMILES string of the molecule is CC(NC(=O)c1cc(=O)c2ccccc2o1)c1ccc(Cl)cc1. The number of para-hydroxylation sites is 1. The van der Waals surface area contributed by atoms with Gasteiger partial charge in [-0.2, -0.15) is 0 Å². The molecule has 1 unspecified atom stereocenters. The largest absolute Gasteiger partial charge is 0.451 e. The van der Waals surface area contributed by atoms with Gasteiger partial charge in [-0.05, 0) is 36.8 Å². The van der Waals surface area contributed by atoms with Crippen LogP contribution in [0.3, 0.4) is 0 Å². The molecule has 0 spiro atoms. The lowest BCUT2D eigenvalue weighted by atomic mass is 10.1. The Hall–Kier alpha value is -2.59. The van der Waals surface area contributed by atoms with Crippen molar-refractivity contribution in [2.45, 2.75) is 13.0 Å². The van der Waals surface area contributed by atoms with Gasteiger partial charge in [0.05, 0.1) is 11.4 Å². The normalized spacial score (nSPS) is 12.1. The summed E-state index contributed by atoms with van der Waals surface area (Å²) in [5.41, 5.74) is 1.06. The van der Waals surface area contributed by atoms with Crippen LogP contribution in [0.25, 0.3) is 11.0 Å². The number of carbonyl (C=O) groups excluding carboxylic acids is 1. The summed E-state index contributed by atoms with van der Waals surface area (Å²) in [5, 5.41) is 3.89. The van der Waals surface area contributed by atoms with E-state index >= 15 is 0 Å². The molecule has 1 aromatic heterocycles. The molecule has 1 heterocycles. The first kappa shape index (κ1) is 15.3. The van der Waals surface area contributed by atoms with Crippen LogP contribution in [0.5, 0.6) is 0 Å². The number of hydrogen-bond acceptors (Lipinski definition) is 3. The molecule has 3 rings (SSSR count). The Labute approximate surface area is 137 Å². The standard InChI is InChI=1S/C18H14ClNO3/c1-11(12-6-8-13(19)9-7-12)20-18(22)17-10-15(21)14-4-2-3-5-16(14)23-17/h2-11H,1H3,(H,20,22). The summed E-state index contributed by atoms with van der Waals surface area (Å²) in [6.07, 6.45) is 0. The lowest BCUT2D eigenvalue weighted by Gasteiger charge is -2.14. The van der Waals surface area contributed by atoms with Crippen molar-refractivity contribution in [1.82, 2.24) is 5.32 Å². The highest BCUT2D eigenvalue weighted by molar-refractivity contribution is 6.30. The van der Waals surface area contributed by atoms with Crippen LogP contribution in [-0.2, 0) is 0 Å². The summed E-state index contributed by atoms with van der Waals surface area (Å²) in [4.78, 5) is 24.4.